The van der Waals surface area contributed by atoms with Crippen LogP contribution in [0.3, 0.4) is 0 Å². The smallest absolute Gasteiger partial charge is 0.328 e. The summed E-state index contributed by atoms with van der Waals surface area (Å²) in [5.41, 5.74) is 0.130. The Morgan fingerprint density at radius 3 is 2.00 bits per heavy atom. The van der Waals surface area contributed by atoms with Crippen LogP contribution in [-0.2, 0) is 15.1 Å². The fraction of sp³-hybridized carbons (Fsp3) is 0.417. The quantitative estimate of drug-likeness (QED) is 0.689. The van der Waals surface area contributed by atoms with Gasteiger partial charge in [0.1, 0.15) is 0 Å². The second-order valence-corrected chi connectivity index (χ2v) is 7.95. The molecular formula is C24H29N3O4. The number of benzene rings is 2. The van der Waals surface area contributed by atoms with E-state index < -0.39 is 11.6 Å². The predicted molar refractivity (Wildman–Crippen MR) is 116 cm³/mol. The van der Waals surface area contributed by atoms with Gasteiger partial charge < -0.3 is 9.84 Å². The van der Waals surface area contributed by atoms with E-state index in [1.54, 1.807) is 11.8 Å². The zero-order valence-electron chi connectivity index (χ0n) is 17.8. The average molecular weight is 424 g/mol. The van der Waals surface area contributed by atoms with Gasteiger partial charge in [-0.05, 0) is 18.1 Å². The number of nitrogens with zero attached hydrogens (tertiary/aromatic N) is 3. The molecule has 0 aromatic heterocycles. The van der Waals surface area contributed by atoms with Gasteiger partial charge in [-0.1, -0.05) is 60.7 Å². The van der Waals surface area contributed by atoms with Crippen LogP contribution >= 0.6 is 0 Å². The molecular weight excluding hydrogens is 394 g/mol. The third-order valence-electron chi connectivity index (χ3n) is 6.09. The van der Waals surface area contributed by atoms with Crippen molar-refractivity contribution in [2.75, 3.05) is 45.9 Å². The number of likely N-dealkylation sites (N-methyl/N-ethyl adjacent to an activating group) is 1. The van der Waals surface area contributed by atoms with E-state index in [1.807, 2.05) is 60.7 Å². The number of carbonyl (C=O) groups excluding carboxylic acids is 2. The molecule has 3 amide bonds. The summed E-state index contributed by atoms with van der Waals surface area (Å²) in [6, 6.07) is 18.4. The van der Waals surface area contributed by atoms with Crippen molar-refractivity contribution in [2.24, 2.45) is 0 Å². The fourth-order valence-electron chi connectivity index (χ4n) is 4.61. The molecule has 2 saturated heterocycles. The van der Waals surface area contributed by atoms with Crippen molar-refractivity contribution in [1.82, 2.24) is 14.7 Å². The van der Waals surface area contributed by atoms with E-state index in [4.69, 9.17) is 4.74 Å². The average Bonchev–Trinajstić information content (AvgIpc) is 3.02. The molecule has 2 aromatic rings. The lowest BCUT2D eigenvalue weighted by atomic mass is 9.81. The van der Waals surface area contributed by atoms with Crippen LogP contribution in [0.4, 0.5) is 4.79 Å². The molecule has 0 spiro atoms. The van der Waals surface area contributed by atoms with E-state index in [0.717, 1.165) is 13.1 Å². The summed E-state index contributed by atoms with van der Waals surface area (Å²) in [5, 5.41) is 10.9. The Balaban J connectivity index is 1.76. The molecule has 0 bridgehead atoms. The lowest BCUT2D eigenvalue weighted by Gasteiger charge is -2.38. The highest BCUT2D eigenvalue weighted by Crippen LogP contribution is 2.43. The maximum atomic E-state index is 13.8. The van der Waals surface area contributed by atoms with Gasteiger partial charge >= 0.3 is 6.03 Å². The molecule has 31 heavy (non-hydrogen) atoms. The monoisotopic (exact) mass is 423 g/mol. The van der Waals surface area contributed by atoms with E-state index in [0.29, 0.717) is 30.9 Å². The van der Waals surface area contributed by atoms with E-state index in [1.165, 1.54) is 4.90 Å². The highest BCUT2D eigenvalue weighted by atomic mass is 16.5. The molecule has 7 nitrogen and oxygen atoms in total. The topological polar surface area (TPSA) is 73.3 Å². The maximum Gasteiger partial charge on any atom is 0.328 e. The van der Waals surface area contributed by atoms with Gasteiger partial charge in [-0.3, -0.25) is 19.5 Å². The molecule has 0 radical (unpaired) electrons. The molecule has 164 valence electrons. The van der Waals surface area contributed by atoms with Crippen molar-refractivity contribution in [3.63, 3.8) is 0 Å². The van der Waals surface area contributed by atoms with Crippen molar-refractivity contribution in [3.8, 4) is 0 Å². The number of morpholine rings is 1. The number of aliphatic hydroxyl groups excluding tert-OH is 1. The number of imide groups is 1. The van der Waals surface area contributed by atoms with Crippen LogP contribution in [-0.4, -0.2) is 83.8 Å². The SMILES string of the molecule is CCN1C(=O)N(CC(O)CN2CCOCC2)C(c2ccccc2)(c2ccccc2)C1=O. The van der Waals surface area contributed by atoms with Gasteiger partial charge in [-0.15, -0.1) is 0 Å². The third kappa shape index (κ3) is 3.84. The van der Waals surface area contributed by atoms with Gasteiger partial charge in [-0.25, -0.2) is 4.79 Å². The Hall–Kier alpha value is -2.74. The summed E-state index contributed by atoms with van der Waals surface area (Å²) < 4.78 is 5.38. The maximum absolute atomic E-state index is 13.8. The zero-order chi connectivity index (χ0) is 21.8. The van der Waals surface area contributed by atoms with Crippen molar-refractivity contribution in [3.05, 3.63) is 71.8 Å². The van der Waals surface area contributed by atoms with E-state index in [9.17, 15) is 14.7 Å². The normalized spacial score (nSPS) is 20.3. The Morgan fingerprint density at radius 2 is 1.48 bits per heavy atom. The molecule has 7 heteroatoms. The highest BCUT2D eigenvalue weighted by Gasteiger charge is 2.59. The molecule has 2 aromatic carbocycles. The third-order valence-corrected chi connectivity index (χ3v) is 6.09. The summed E-state index contributed by atoms with van der Waals surface area (Å²) in [4.78, 5) is 32.2. The van der Waals surface area contributed by atoms with Gasteiger partial charge in [0.15, 0.2) is 5.54 Å². The van der Waals surface area contributed by atoms with Crippen LogP contribution in [0.15, 0.2) is 60.7 Å². The number of carbonyl (C=O) groups is 2. The minimum Gasteiger partial charge on any atom is -0.390 e. The minimum atomic E-state index is -1.30. The van der Waals surface area contributed by atoms with Crippen LogP contribution in [0.1, 0.15) is 18.1 Å². The number of hydrogen-bond donors (Lipinski definition) is 1. The second kappa shape index (κ2) is 9.18. The molecule has 1 atom stereocenters. The first-order valence-corrected chi connectivity index (χ1v) is 10.8. The number of urea groups is 1. The standard InChI is InChI=1S/C24H29N3O4/c1-2-26-22(29)24(19-9-5-3-6-10-19,20-11-7-4-8-12-20)27(23(26)30)18-21(28)17-25-13-15-31-16-14-25/h3-12,21,28H,2,13-18H2,1H3. The molecule has 1 N–H and O–H groups in total. The minimum absolute atomic E-state index is 0.0578. The van der Waals surface area contributed by atoms with Gasteiger partial charge in [0, 0.05) is 26.2 Å². The summed E-state index contributed by atoms with van der Waals surface area (Å²) >= 11 is 0. The molecule has 2 aliphatic heterocycles. The van der Waals surface area contributed by atoms with Crippen LogP contribution in [0.2, 0.25) is 0 Å². The first kappa shape index (κ1) is 21.5. The van der Waals surface area contributed by atoms with Crippen LogP contribution < -0.4 is 0 Å². The number of aliphatic hydroxyl groups is 1. The van der Waals surface area contributed by atoms with Crippen LogP contribution in [0, 0.1) is 0 Å². The van der Waals surface area contributed by atoms with Gasteiger partial charge in [0.25, 0.3) is 5.91 Å². The summed E-state index contributed by atoms with van der Waals surface area (Å²) in [7, 11) is 0. The summed E-state index contributed by atoms with van der Waals surface area (Å²) in [6.45, 7) is 5.31. The number of hydrogen-bond acceptors (Lipinski definition) is 5. The number of β-amino-alcohol motifs (C(OH)–C–C–N with tert-alkyl or cyclic N) is 1. The molecule has 4 rings (SSSR count). The second-order valence-electron chi connectivity index (χ2n) is 7.95. The predicted octanol–water partition coefficient (Wildman–Crippen LogP) is 1.91. The van der Waals surface area contributed by atoms with Crippen LogP contribution in [0.5, 0.6) is 0 Å². The van der Waals surface area contributed by atoms with Crippen LogP contribution in [0.25, 0.3) is 0 Å². The number of rotatable bonds is 7. The van der Waals surface area contributed by atoms with E-state index in [-0.39, 0.29) is 25.0 Å². The van der Waals surface area contributed by atoms with E-state index in [2.05, 4.69) is 4.90 Å². The van der Waals surface area contributed by atoms with Gasteiger partial charge in [-0.2, -0.15) is 0 Å². The van der Waals surface area contributed by atoms with Gasteiger partial charge in [0.2, 0.25) is 0 Å². The van der Waals surface area contributed by atoms with E-state index >= 15 is 0 Å². The molecule has 0 saturated carbocycles. The Labute approximate surface area is 182 Å². The Bertz CT molecular complexity index is 860. The number of ether oxygens (including phenoxy) is 1. The fourth-order valence-corrected chi connectivity index (χ4v) is 4.61. The van der Waals surface area contributed by atoms with Crippen molar-refractivity contribution in [2.45, 2.75) is 18.6 Å². The van der Waals surface area contributed by atoms with Crippen molar-refractivity contribution < 1.29 is 19.4 Å². The van der Waals surface area contributed by atoms with Crippen molar-refractivity contribution in [1.29, 1.82) is 0 Å². The summed E-state index contributed by atoms with van der Waals surface area (Å²) in [6.07, 6.45) is -0.793. The largest absolute Gasteiger partial charge is 0.390 e. The molecule has 1 unspecified atom stereocenters. The zero-order valence-corrected chi connectivity index (χ0v) is 17.8. The lowest BCUT2D eigenvalue weighted by molar-refractivity contribution is -0.132. The first-order valence-electron chi connectivity index (χ1n) is 10.8. The van der Waals surface area contributed by atoms with Gasteiger partial charge in [0.05, 0.1) is 25.9 Å². The lowest BCUT2D eigenvalue weighted by Crippen LogP contribution is -2.52. The molecule has 2 heterocycles. The highest BCUT2D eigenvalue weighted by molar-refractivity contribution is 6.09. The molecule has 0 aliphatic carbocycles. The Kier molecular flexibility index (Phi) is 6.36. The number of amides is 3. The molecule has 2 fully saturated rings. The van der Waals surface area contributed by atoms with Crippen molar-refractivity contribution >= 4 is 11.9 Å². The Morgan fingerprint density at radius 1 is 0.935 bits per heavy atom. The summed E-state index contributed by atoms with van der Waals surface area (Å²) in [5.74, 6) is -0.282. The first-order chi connectivity index (χ1) is 15.1. The molecule has 2 aliphatic rings.